The number of hydrogen-bond acceptors (Lipinski definition) is 1. The topological polar surface area (TPSA) is 26.0 Å². The van der Waals surface area contributed by atoms with Crippen LogP contribution in [0.2, 0.25) is 0 Å². The van der Waals surface area contributed by atoms with Crippen LogP contribution >= 0.6 is 0 Å². The van der Waals surface area contributed by atoms with Crippen LogP contribution in [-0.2, 0) is 0 Å². The van der Waals surface area contributed by atoms with Crippen LogP contribution in [0.1, 0.15) is 26.2 Å². The molecule has 9 heavy (non-hydrogen) atoms. The summed E-state index contributed by atoms with van der Waals surface area (Å²) < 4.78 is 0. The van der Waals surface area contributed by atoms with E-state index in [1.807, 2.05) is 0 Å². The Morgan fingerprint density at radius 2 is 2.22 bits per heavy atom. The highest BCUT2D eigenvalue weighted by atomic mass is 14.7. The molecule has 1 heteroatoms. The normalized spacial score (nSPS) is 49.3. The molecule has 52 valence electrons. The first kappa shape index (κ1) is 5.72. The fourth-order valence-electron chi connectivity index (χ4n) is 2.07. The Morgan fingerprint density at radius 1 is 1.56 bits per heavy atom. The quantitative estimate of drug-likeness (QED) is 0.593. The molecule has 0 radical (unpaired) electrons. The summed E-state index contributed by atoms with van der Waals surface area (Å²) in [6, 6.07) is 0. The van der Waals surface area contributed by atoms with Gasteiger partial charge in [0.1, 0.15) is 0 Å². The Balaban J connectivity index is 1.95. The van der Waals surface area contributed by atoms with E-state index in [1.54, 1.807) is 0 Å². The average molecular weight is 125 g/mol. The highest BCUT2D eigenvalue weighted by Gasteiger charge is 2.57. The number of rotatable bonds is 2. The molecule has 0 amide bonds. The van der Waals surface area contributed by atoms with Crippen LogP contribution in [0.4, 0.5) is 0 Å². The van der Waals surface area contributed by atoms with E-state index in [0.717, 1.165) is 18.4 Å². The molecule has 0 aromatic carbocycles. The van der Waals surface area contributed by atoms with Crippen LogP contribution in [0.25, 0.3) is 0 Å². The van der Waals surface area contributed by atoms with Crippen molar-refractivity contribution in [1.82, 2.24) is 0 Å². The smallest absolute Gasteiger partial charge is 0.00433 e. The minimum Gasteiger partial charge on any atom is -0.330 e. The van der Waals surface area contributed by atoms with Crippen molar-refractivity contribution < 1.29 is 0 Å². The second kappa shape index (κ2) is 1.51. The molecule has 2 N–H and O–H groups in total. The molecule has 0 spiro atoms. The summed E-state index contributed by atoms with van der Waals surface area (Å²) in [6.07, 6.45) is 4.37. The van der Waals surface area contributed by atoms with E-state index in [2.05, 4.69) is 6.92 Å². The largest absolute Gasteiger partial charge is 0.330 e. The van der Waals surface area contributed by atoms with Gasteiger partial charge in [0.05, 0.1) is 0 Å². The van der Waals surface area contributed by atoms with Crippen molar-refractivity contribution in [3.63, 3.8) is 0 Å². The molecule has 2 atom stereocenters. The van der Waals surface area contributed by atoms with Gasteiger partial charge in [-0.05, 0) is 43.1 Å². The number of nitrogens with two attached hydrogens (primary N) is 1. The molecule has 0 unspecified atom stereocenters. The predicted octanol–water partition coefficient (Wildman–Crippen LogP) is 1.38. The summed E-state index contributed by atoms with van der Waals surface area (Å²) in [4.78, 5) is 0. The molecule has 0 aromatic rings. The van der Waals surface area contributed by atoms with Crippen LogP contribution in [0.5, 0.6) is 0 Å². The van der Waals surface area contributed by atoms with E-state index in [9.17, 15) is 0 Å². The first-order chi connectivity index (χ1) is 4.27. The van der Waals surface area contributed by atoms with E-state index >= 15 is 0 Å². The fraction of sp³-hybridized carbons (Fsp3) is 1.00. The lowest BCUT2D eigenvalue weighted by Crippen LogP contribution is -2.09. The second-order valence-electron chi connectivity index (χ2n) is 3.92. The van der Waals surface area contributed by atoms with Gasteiger partial charge in [0.25, 0.3) is 0 Å². The standard InChI is InChI=1S/C8H15N/c1-8(6-2-3-6)4-7(8)5-9/h6-7H,2-5,9H2,1H3/t7-,8+/m0/s1. The molecule has 2 rings (SSSR count). The highest BCUT2D eigenvalue weighted by molar-refractivity contribution is 5.07. The molecular weight excluding hydrogens is 110 g/mol. The maximum atomic E-state index is 5.57. The van der Waals surface area contributed by atoms with Crippen molar-refractivity contribution in [3.05, 3.63) is 0 Å². The van der Waals surface area contributed by atoms with E-state index in [-0.39, 0.29) is 0 Å². The van der Waals surface area contributed by atoms with E-state index < -0.39 is 0 Å². The van der Waals surface area contributed by atoms with E-state index in [1.165, 1.54) is 19.3 Å². The van der Waals surface area contributed by atoms with Crippen molar-refractivity contribution in [1.29, 1.82) is 0 Å². The summed E-state index contributed by atoms with van der Waals surface area (Å²) in [5.74, 6) is 1.94. The minimum absolute atomic E-state index is 0.703. The van der Waals surface area contributed by atoms with Crippen LogP contribution in [0.15, 0.2) is 0 Å². The Hall–Kier alpha value is -0.0400. The van der Waals surface area contributed by atoms with Gasteiger partial charge in [0, 0.05) is 0 Å². The maximum Gasteiger partial charge on any atom is -0.00433 e. The summed E-state index contributed by atoms with van der Waals surface area (Å²) in [7, 11) is 0. The van der Waals surface area contributed by atoms with Crippen LogP contribution in [-0.4, -0.2) is 6.54 Å². The zero-order valence-electron chi connectivity index (χ0n) is 6.06. The molecule has 0 aliphatic heterocycles. The molecular formula is C8H15N. The van der Waals surface area contributed by atoms with Gasteiger partial charge in [-0.1, -0.05) is 6.92 Å². The third-order valence-corrected chi connectivity index (χ3v) is 3.25. The maximum absolute atomic E-state index is 5.57. The van der Waals surface area contributed by atoms with Crippen LogP contribution in [0, 0.1) is 17.3 Å². The van der Waals surface area contributed by atoms with Crippen molar-refractivity contribution in [2.75, 3.05) is 6.54 Å². The van der Waals surface area contributed by atoms with E-state index in [4.69, 9.17) is 5.73 Å². The third kappa shape index (κ3) is 0.710. The molecule has 2 aliphatic carbocycles. The Kier molecular flexibility index (Phi) is 0.963. The predicted molar refractivity (Wildman–Crippen MR) is 38.0 cm³/mol. The highest BCUT2D eigenvalue weighted by Crippen LogP contribution is 2.64. The first-order valence-corrected chi connectivity index (χ1v) is 3.97. The molecule has 0 saturated heterocycles. The lowest BCUT2D eigenvalue weighted by molar-refractivity contribution is 0.439. The zero-order valence-corrected chi connectivity index (χ0v) is 6.06. The van der Waals surface area contributed by atoms with Crippen molar-refractivity contribution >= 4 is 0 Å². The second-order valence-corrected chi connectivity index (χ2v) is 3.92. The molecule has 0 aromatic heterocycles. The summed E-state index contributed by atoms with van der Waals surface area (Å²) >= 11 is 0. The molecule has 2 aliphatic rings. The minimum atomic E-state index is 0.703. The Labute approximate surface area is 56.6 Å². The summed E-state index contributed by atoms with van der Waals surface area (Å²) in [5.41, 5.74) is 6.28. The molecule has 2 saturated carbocycles. The SMILES string of the molecule is C[C@]1(C2CC2)C[C@H]1CN. The summed E-state index contributed by atoms with van der Waals surface area (Å²) in [5, 5.41) is 0. The van der Waals surface area contributed by atoms with Crippen molar-refractivity contribution in [2.24, 2.45) is 23.0 Å². The van der Waals surface area contributed by atoms with Gasteiger partial charge in [0.2, 0.25) is 0 Å². The van der Waals surface area contributed by atoms with Gasteiger partial charge in [-0.3, -0.25) is 0 Å². The number of hydrogen-bond donors (Lipinski definition) is 1. The fourth-order valence-corrected chi connectivity index (χ4v) is 2.07. The van der Waals surface area contributed by atoms with Gasteiger partial charge in [-0.25, -0.2) is 0 Å². The summed E-state index contributed by atoms with van der Waals surface area (Å²) in [6.45, 7) is 3.33. The average Bonchev–Trinajstić information content (AvgIpc) is 2.54. The van der Waals surface area contributed by atoms with Crippen LogP contribution in [0.3, 0.4) is 0 Å². The molecule has 1 nitrogen and oxygen atoms in total. The monoisotopic (exact) mass is 125 g/mol. The Morgan fingerprint density at radius 3 is 2.56 bits per heavy atom. The lowest BCUT2D eigenvalue weighted by atomic mass is 10.0. The molecule has 0 bridgehead atoms. The van der Waals surface area contributed by atoms with Gasteiger partial charge in [-0.15, -0.1) is 0 Å². The molecule has 2 fully saturated rings. The first-order valence-electron chi connectivity index (χ1n) is 3.97. The van der Waals surface area contributed by atoms with Crippen molar-refractivity contribution in [2.45, 2.75) is 26.2 Å². The van der Waals surface area contributed by atoms with E-state index in [0.29, 0.717) is 5.41 Å². The van der Waals surface area contributed by atoms with Crippen molar-refractivity contribution in [3.8, 4) is 0 Å². The van der Waals surface area contributed by atoms with Crippen LogP contribution < -0.4 is 5.73 Å². The van der Waals surface area contributed by atoms with Gasteiger partial charge < -0.3 is 5.73 Å². The molecule has 0 heterocycles. The van der Waals surface area contributed by atoms with Gasteiger partial charge >= 0.3 is 0 Å². The lowest BCUT2D eigenvalue weighted by Gasteiger charge is -2.06. The van der Waals surface area contributed by atoms with Gasteiger partial charge in [-0.2, -0.15) is 0 Å². The third-order valence-electron chi connectivity index (χ3n) is 3.25. The Bertz CT molecular complexity index is 129. The zero-order chi connectivity index (χ0) is 6.48. The van der Waals surface area contributed by atoms with Gasteiger partial charge in [0.15, 0.2) is 0 Å².